The van der Waals surface area contributed by atoms with Crippen LogP contribution in [-0.2, 0) is 16.6 Å². The minimum Gasteiger partial charge on any atom is -0.360 e. The molecule has 0 saturated carbocycles. The highest BCUT2D eigenvalue weighted by atomic mass is 32.2. The zero-order valence-electron chi connectivity index (χ0n) is 16.3. The second kappa shape index (κ2) is 8.68. The van der Waals surface area contributed by atoms with Gasteiger partial charge in [-0.05, 0) is 36.4 Å². The predicted molar refractivity (Wildman–Crippen MR) is 117 cm³/mol. The van der Waals surface area contributed by atoms with Crippen molar-refractivity contribution in [2.75, 3.05) is 35.8 Å². The first-order valence-electron chi connectivity index (χ1n) is 9.90. The van der Waals surface area contributed by atoms with Gasteiger partial charge in [0.1, 0.15) is 6.54 Å². The lowest BCUT2D eigenvalue weighted by Crippen LogP contribution is -3.13. The number of nitrogens with zero attached hydrogens (tertiary/aromatic N) is 1. The summed E-state index contributed by atoms with van der Waals surface area (Å²) in [5.41, 5.74) is 3.09. The van der Waals surface area contributed by atoms with Gasteiger partial charge in [-0.2, -0.15) is 0 Å². The molecule has 2 N–H and O–H groups in total. The average molecular weight is 409 g/mol. The molecule has 0 amide bonds. The molecule has 1 fully saturated rings. The van der Waals surface area contributed by atoms with Gasteiger partial charge in [0, 0.05) is 16.9 Å². The fourth-order valence-electron chi connectivity index (χ4n) is 3.70. The first-order valence-corrected chi connectivity index (χ1v) is 11.4. The SMILES string of the molecule is O=S(=O)(Nc1ccc(N2CC[NH+](Cc3ccccc3)CC2)cc1)c1ccccc1. The van der Waals surface area contributed by atoms with Crippen molar-refractivity contribution in [2.45, 2.75) is 11.4 Å². The lowest BCUT2D eigenvalue weighted by Gasteiger charge is -2.33. The van der Waals surface area contributed by atoms with Crippen LogP contribution in [0.15, 0.2) is 89.8 Å². The highest BCUT2D eigenvalue weighted by molar-refractivity contribution is 7.92. The maximum Gasteiger partial charge on any atom is 0.261 e. The molecule has 0 unspecified atom stereocenters. The van der Waals surface area contributed by atoms with Crippen molar-refractivity contribution in [3.8, 4) is 0 Å². The zero-order chi connectivity index (χ0) is 20.1. The Morgan fingerprint density at radius 3 is 2.00 bits per heavy atom. The van der Waals surface area contributed by atoms with Crippen molar-refractivity contribution in [3.05, 3.63) is 90.5 Å². The fraction of sp³-hybridized carbons (Fsp3) is 0.217. The number of piperazine rings is 1. The Morgan fingerprint density at radius 1 is 0.793 bits per heavy atom. The zero-order valence-corrected chi connectivity index (χ0v) is 17.1. The van der Waals surface area contributed by atoms with Crippen LogP contribution in [0.25, 0.3) is 0 Å². The van der Waals surface area contributed by atoms with E-state index in [9.17, 15) is 8.42 Å². The Balaban J connectivity index is 1.34. The molecule has 4 rings (SSSR count). The Kier molecular flexibility index (Phi) is 5.83. The van der Waals surface area contributed by atoms with Crippen LogP contribution < -0.4 is 14.5 Å². The van der Waals surface area contributed by atoms with Gasteiger partial charge in [-0.25, -0.2) is 8.42 Å². The van der Waals surface area contributed by atoms with Crippen LogP contribution in [0.1, 0.15) is 5.56 Å². The summed E-state index contributed by atoms with van der Waals surface area (Å²) < 4.78 is 27.5. The molecule has 3 aromatic rings. The lowest BCUT2D eigenvalue weighted by atomic mass is 10.2. The van der Waals surface area contributed by atoms with E-state index in [0.29, 0.717) is 5.69 Å². The van der Waals surface area contributed by atoms with E-state index in [0.717, 1.165) is 38.4 Å². The van der Waals surface area contributed by atoms with E-state index < -0.39 is 10.0 Å². The van der Waals surface area contributed by atoms with Crippen LogP contribution in [0.2, 0.25) is 0 Å². The van der Waals surface area contributed by atoms with Gasteiger partial charge in [-0.1, -0.05) is 48.5 Å². The van der Waals surface area contributed by atoms with E-state index in [-0.39, 0.29) is 4.90 Å². The number of nitrogens with one attached hydrogen (secondary N) is 2. The molecule has 3 aromatic carbocycles. The van der Waals surface area contributed by atoms with Gasteiger partial charge in [-0.15, -0.1) is 0 Å². The van der Waals surface area contributed by atoms with Crippen molar-refractivity contribution >= 4 is 21.4 Å². The maximum atomic E-state index is 12.5. The molecule has 0 radical (unpaired) electrons. The largest absolute Gasteiger partial charge is 0.360 e. The topological polar surface area (TPSA) is 53.9 Å². The molecule has 6 heteroatoms. The van der Waals surface area contributed by atoms with Crippen LogP contribution in [0, 0.1) is 0 Å². The molecule has 0 aliphatic carbocycles. The van der Waals surface area contributed by atoms with Crippen molar-refractivity contribution in [1.29, 1.82) is 0 Å². The monoisotopic (exact) mass is 408 g/mol. The molecule has 150 valence electrons. The van der Waals surface area contributed by atoms with Gasteiger partial charge in [0.15, 0.2) is 0 Å². The average Bonchev–Trinajstić information content (AvgIpc) is 2.76. The third-order valence-corrected chi connectivity index (χ3v) is 6.70. The van der Waals surface area contributed by atoms with Gasteiger partial charge >= 0.3 is 0 Å². The molecule has 29 heavy (non-hydrogen) atoms. The molecule has 0 bridgehead atoms. The van der Waals surface area contributed by atoms with Crippen LogP contribution in [0.4, 0.5) is 11.4 Å². The number of rotatable bonds is 6. The molecular formula is C23H26N3O2S+. The molecule has 0 aromatic heterocycles. The van der Waals surface area contributed by atoms with E-state index in [4.69, 9.17) is 0 Å². The van der Waals surface area contributed by atoms with E-state index in [1.807, 2.05) is 24.3 Å². The normalized spacial score (nSPS) is 15.2. The van der Waals surface area contributed by atoms with Gasteiger partial charge in [-0.3, -0.25) is 4.72 Å². The number of benzene rings is 3. The highest BCUT2D eigenvalue weighted by Gasteiger charge is 2.20. The molecule has 5 nitrogen and oxygen atoms in total. The molecular weight excluding hydrogens is 382 g/mol. The Hall–Kier alpha value is -2.83. The number of hydrogen-bond donors (Lipinski definition) is 2. The van der Waals surface area contributed by atoms with Gasteiger partial charge < -0.3 is 9.80 Å². The summed E-state index contributed by atoms with van der Waals surface area (Å²) in [6, 6.07) is 26.7. The minimum absolute atomic E-state index is 0.265. The lowest BCUT2D eigenvalue weighted by molar-refractivity contribution is -0.914. The highest BCUT2D eigenvalue weighted by Crippen LogP contribution is 2.20. The molecule has 0 spiro atoms. The standard InChI is InChI=1S/C23H25N3O2S/c27-29(28,23-9-5-2-6-10-23)24-21-11-13-22(14-12-21)26-17-15-25(16-18-26)19-20-7-3-1-4-8-20/h1-14,24H,15-19H2/p+1. The first-order chi connectivity index (χ1) is 14.1. The molecule has 1 aliphatic heterocycles. The van der Waals surface area contributed by atoms with Gasteiger partial charge in [0.05, 0.1) is 31.1 Å². The summed E-state index contributed by atoms with van der Waals surface area (Å²) in [4.78, 5) is 4.23. The second-order valence-electron chi connectivity index (χ2n) is 7.36. The third-order valence-electron chi connectivity index (χ3n) is 5.31. The number of quaternary nitrogens is 1. The van der Waals surface area contributed by atoms with E-state index in [1.54, 1.807) is 35.2 Å². The quantitative estimate of drug-likeness (QED) is 0.659. The molecule has 1 saturated heterocycles. The molecule has 1 aliphatic rings. The number of hydrogen-bond acceptors (Lipinski definition) is 3. The summed E-state index contributed by atoms with van der Waals surface area (Å²) >= 11 is 0. The number of sulfonamides is 1. The van der Waals surface area contributed by atoms with Crippen LogP contribution in [-0.4, -0.2) is 34.6 Å². The smallest absolute Gasteiger partial charge is 0.261 e. The number of anilines is 2. The summed E-state index contributed by atoms with van der Waals surface area (Å²) in [5, 5.41) is 0. The predicted octanol–water partition coefficient (Wildman–Crippen LogP) is 2.39. The summed E-state index contributed by atoms with van der Waals surface area (Å²) in [7, 11) is -3.56. The summed E-state index contributed by atoms with van der Waals surface area (Å²) in [5.74, 6) is 0. The summed E-state index contributed by atoms with van der Waals surface area (Å²) in [6.07, 6.45) is 0. The van der Waals surface area contributed by atoms with E-state index in [2.05, 4.69) is 40.0 Å². The van der Waals surface area contributed by atoms with Gasteiger partial charge in [0.2, 0.25) is 0 Å². The second-order valence-corrected chi connectivity index (χ2v) is 9.05. The van der Waals surface area contributed by atoms with Crippen LogP contribution in [0.3, 0.4) is 0 Å². The third kappa shape index (κ3) is 4.96. The van der Waals surface area contributed by atoms with Crippen molar-refractivity contribution in [2.24, 2.45) is 0 Å². The van der Waals surface area contributed by atoms with Crippen LogP contribution >= 0.6 is 0 Å². The Bertz CT molecular complexity index is 1010. The van der Waals surface area contributed by atoms with Crippen molar-refractivity contribution in [1.82, 2.24) is 0 Å². The van der Waals surface area contributed by atoms with Gasteiger partial charge in [0.25, 0.3) is 10.0 Å². The Labute approximate surface area is 172 Å². The first kappa shape index (κ1) is 19.5. The fourth-order valence-corrected chi connectivity index (χ4v) is 4.78. The summed E-state index contributed by atoms with van der Waals surface area (Å²) in [6.45, 7) is 5.25. The van der Waals surface area contributed by atoms with E-state index >= 15 is 0 Å². The maximum absolute atomic E-state index is 12.5. The molecule has 1 heterocycles. The van der Waals surface area contributed by atoms with Crippen molar-refractivity contribution in [3.63, 3.8) is 0 Å². The molecule has 0 atom stereocenters. The minimum atomic E-state index is -3.56. The van der Waals surface area contributed by atoms with E-state index in [1.165, 1.54) is 5.56 Å². The Morgan fingerprint density at radius 2 is 1.38 bits per heavy atom. The van der Waals surface area contributed by atoms with Crippen molar-refractivity contribution < 1.29 is 13.3 Å². The van der Waals surface area contributed by atoms with Crippen LogP contribution in [0.5, 0.6) is 0 Å².